The molecule has 0 spiro atoms. The van der Waals surface area contributed by atoms with Crippen LogP contribution in [0.2, 0.25) is 5.02 Å². The SMILES string of the molecule is CCC(NS(=O)(=O)c1ccc(=O)[nH]c1)c1cccc(Cl)c1. The lowest BCUT2D eigenvalue weighted by atomic mass is 10.1. The zero-order valence-electron chi connectivity index (χ0n) is 11.3. The second kappa shape index (κ2) is 6.43. The number of pyridine rings is 1. The number of rotatable bonds is 5. The molecule has 0 radical (unpaired) electrons. The molecule has 0 aliphatic carbocycles. The summed E-state index contributed by atoms with van der Waals surface area (Å²) in [7, 11) is -3.71. The van der Waals surface area contributed by atoms with E-state index in [4.69, 9.17) is 11.6 Å². The van der Waals surface area contributed by atoms with E-state index in [0.717, 1.165) is 5.56 Å². The average Bonchev–Trinajstić information content (AvgIpc) is 2.45. The fourth-order valence-electron chi connectivity index (χ4n) is 1.93. The van der Waals surface area contributed by atoms with Crippen LogP contribution in [-0.2, 0) is 10.0 Å². The Morgan fingerprint density at radius 2 is 2.05 bits per heavy atom. The minimum atomic E-state index is -3.71. The average molecular weight is 327 g/mol. The Bertz CT molecular complexity index is 766. The molecule has 0 fully saturated rings. The second-order valence-electron chi connectivity index (χ2n) is 4.53. The van der Waals surface area contributed by atoms with Gasteiger partial charge in [-0.15, -0.1) is 0 Å². The van der Waals surface area contributed by atoms with E-state index in [1.54, 1.807) is 18.2 Å². The first-order chi connectivity index (χ1) is 9.92. The van der Waals surface area contributed by atoms with E-state index in [9.17, 15) is 13.2 Å². The maximum absolute atomic E-state index is 12.3. The number of nitrogens with one attached hydrogen (secondary N) is 2. The van der Waals surface area contributed by atoms with Crippen molar-refractivity contribution in [2.45, 2.75) is 24.3 Å². The van der Waals surface area contributed by atoms with Gasteiger partial charge in [-0.05, 0) is 30.2 Å². The molecular weight excluding hydrogens is 312 g/mol. The van der Waals surface area contributed by atoms with Gasteiger partial charge >= 0.3 is 0 Å². The molecule has 1 aromatic carbocycles. The molecule has 2 N–H and O–H groups in total. The molecule has 0 bridgehead atoms. The van der Waals surface area contributed by atoms with Crippen LogP contribution < -0.4 is 10.3 Å². The topological polar surface area (TPSA) is 79.0 Å². The highest BCUT2D eigenvalue weighted by Crippen LogP contribution is 2.22. The quantitative estimate of drug-likeness (QED) is 0.885. The fourth-order valence-corrected chi connectivity index (χ4v) is 3.40. The molecule has 0 saturated carbocycles. The van der Waals surface area contributed by atoms with Gasteiger partial charge in [-0.25, -0.2) is 13.1 Å². The highest BCUT2D eigenvalue weighted by atomic mass is 35.5. The predicted octanol–water partition coefficient (Wildman–Crippen LogP) is 2.46. The van der Waals surface area contributed by atoms with Crippen molar-refractivity contribution in [2.24, 2.45) is 0 Å². The van der Waals surface area contributed by atoms with Crippen LogP contribution >= 0.6 is 11.6 Å². The van der Waals surface area contributed by atoms with Gasteiger partial charge in [0.25, 0.3) is 0 Å². The Balaban J connectivity index is 2.29. The Morgan fingerprint density at radius 1 is 1.29 bits per heavy atom. The molecule has 0 saturated heterocycles. The summed E-state index contributed by atoms with van der Waals surface area (Å²) in [6.45, 7) is 1.88. The summed E-state index contributed by atoms with van der Waals surface area (Å²) in [5, 5.41) is 0.550. The van der Waals surface area contributed by atoms with Crippen molar-refractivity contribution in [3.8, 4) is 0 Å². The third kappa shape index (κ3) is 3.93. The van der Waals surface area contributed by atoms with Gasteiger partial charge < -0.3 is 4.98 Å². The van der Waals surface area contributed by atoms with Crippen molar-refractivity contribution in [2.75, 3.05) is 0 Å². The number of H-pyrrole nitrogens is 1. The first kappa shape index (κ1) is 15.8. The number of sulfonamides is 1. The Hall–Kier alpha value is -1.63. The number of aromatic nitrogens is 1. The molecule has 0 aliphatic heterocycles. The Morgan fingerprint density at radius 3 is 2.62 bits per heavy atom. The van der Waals surface area contributed by atoms with Crippen molar-refractivity contribution in [3.63, 3.8) is 0 Å². The van der Waals surface area contributed by atoms with Crippen LogP contribution in [0.3, 0.4) is 0 Å². The van der Waals surface area contributed by atoms with Crippen LogP contribution in [0.15, 0.2) is 52.3 Å². The number of hydrogen-bond donors (Lipinski definition) is 2. The monoisotopic (exact) mass is 326 g/mol. The van der Waals surface area contributed by atoms with Gasteiger partial charge in [0, 0.05) is 23.3 Å². The number of benzene rings is 1. The van der Waals surface area contributed by atoms with Crippen molar-refractivity contribution in [3.05, 3.63) is 63.5 Å². The number of aromatic amines is 1. The molecule has 112 valence electrons. The largest absolute Gasteiger partial charge is 0.328 e. The van der Waals surface area contributed by atoms with Gasteiger partial charge in [0.2, 0.25) is 15.6 Å². The molecule has 0 amide bonds. The summed E-state index contributed by atoms with van der Waals surface area (Å²) in [5.41, 5.74) is 0.439. The maximum atomic E-state index is 12.3. The minimum absolute atomic E-state index is 0.0163. The molecular formula is C14H15ClN2O3S. The Kier molecular flexibility index (Phi) is 4.82. The molecule has 0 aliphatic rings. The van der Waals surface area contributed by atoms with Crippen LogP contribution in [0.4, 0.5) is 0 Å². The van der Waals surface area contributed by atoms with Gasteiger partial charge in [0.1, 0.15) is 0 Å². The van der Waals surface area contributed by atoms with Gasteiger partial charge in [0.15, 0.2) is 0 Å². The van der Waals surface area contributed by atoms with Crippen molar-refractivity contribution in [1.29, 1.82) is 0 Å². The lowest BCUT2D eigenvalue weighted by Crippen LogP contribution is -2.28. The highest BCUT2D eigenvalue weighted by molar-refractivity contribution is 7.89. The lowest BCUT2D eigenvalue weighted by Gasteiger charge is -2.17. The van der Waals surface area contributed by atoms with Crippen LogP contribution in [0.1, 0.15) is 24.9 Å². The standard InChI is InChI=1S/C14H15ClN2O3S/c1-2-13(10-4-3-5-11(15)8-10)17-21(19,20)12-6-7-14(18)16-9-12/h3-9,13,17H,2H2,1H3,(H,16,18). The van der Waals surface area contributed by atoms with Crippen LogP contribution in [0.5, 0.6) is 0 Å². The first-order valence-electron chi connectivity index (χ1n) is 6.39. The smallest absolute Gasteiger partial charge is 0.247 e. The predicted molar refractivity (Wildman–Crippen MR) is 81.9 cm³/mol. The summed E-state index contributed by atoms with van der Waals surface area (Å²) in [4.78, 5) is 13.4. The van der Waals surface area contributed by atoms with Gasteiger partial charge in [0.05, 0.1) is 4.90 Å². The van der Waals surface area contributed by atoms with Crippen LogP contribution in [0, 0.1) is 0 Å². The number of hydrogen-bond acceptors (Lipinski definition) is 3. The third-order valence-electron chi connectivity index (χ3n) is 3.02. The molecule has 1 heterocycles. The lowest BCUT2D eigenvalue weighted by molar-refractivity contribution is 0.549. The normalized spacial score (nSPS) is 13.0. The summed E-state index contributed by atoms with van der Waals surface area (Å²) >= 11 is 5.93. The van der Waals surface area contributed by atoms with Crippen LogP contribution in [-0.4, -0.2) is 13.4 Å². The Labute approximate surface area is 128 Å². The van der Waals surface area contributed by atoms with E-state index in [1.807, 2.05) is 13.0 Å². The highest BCUT2D eigenvalue weighted by Gasteiger charge is 2.20. The van der Waals surface area contributed by atoms with E-state index in [-0.39, 0.29) is 16.5 Å². The molecule has 1 aromatic heterocycles. The van der Waals surface area contributed by atoms with Crippen molar-refractivity contribution in [1.82, 2.24) is 9.71 Å². The van der Waals surface area contributed by atoms with Crippen molar-refractivity contribution < 1.29 is 8.42 Å². The molecule has 1 unspecified atom stereocenters. The first-order valence-corrected chi connectivity index (χ1v) is 8.25. The van der Waals surface area contributed by atoms with E-state index in [2.05, 4.69) is 9.71 Å². The maximum Gasteiger partial charge on any atom is 0.247 e. The third-order valence-corrected chi connectivity index (χ3v) is 4.73. The molecule has 2 aromatic rings. The van der Waals surface area contributed by atoms with E-state index in [1.165, 1.54) is 18.3 Å². The van der Waals surface area contributed by atoms with Gasteiger partial charge in [-0.1, -0.05) is 30.7 Å². The summed E-state index contributed by atoms with van der Waals surface area (Å²) in [5.74, 6) is 0. The van der Waals surface area contributed by atoms with Crippen molar-refractivity contribution >= 4 is 21.6 Å². The van der Waals surface area contributed by atoms with Gasteiger partial charge in [-0.2, -0.15) is 0 Å². The van der Waals surface area contributed by atoms with E-state index < -0.39 is 10.0 Å². The second-order valence-corrected chi connectivity index (χ2v) is 6.68. The minimum Gasteiger partial charge on any atom is -0.328 e. The molecule has 7 heteroatoms. The molecule has 5 nitrogen and oxygen atoms in total. The number of halogens is 1. The summed E-state index contributed by atoms with van der Waals surface area (Å²) < 4.78 is 27.2. The van der Waals surface area contributed by atoms with E-state index in [0.29, 0.717) is 11.4 Å². The van der Waals surface area contributed by atoms with E-state index >= 15 is 0 Å². The zero-order valence-corrected chi connectivity index (χ0v) is 12.9. The van der Waals surface area contributed by atoms with Crippen LogP contribution in [0.25, 0.3) is 0 Å². The zero-order chi connectivity index (χ0) is 15.5. The molecule has 1 atom stereocenters. The van der Waals surface area contributed by atoms with Gasteiger partial charge in [-0.3, -0.25) is 4.79 Å². The summed E-state index contributed by atoms with van der Waals surface area (Å²) in [6.07, 6.45) is 1.75. The summed E-state index contributed by atoms with van der Waals surface area (Å²) in [6, 6.07) is 9.10. The fraction of sp³-hybridized carbons (Fsp3) is 0.214. The molecule has 2 rings (SSSR count). The molecule has 21 heavy (non-hydrogen) atoms.